The molecular weight excluding hydrogens is 138 g/mol. The highest BCUT2D eigenvalue weighted by Crippen LogP contribution is 2.04. The minimum absolute atomic E-state index is 0.676. The molecule has 2 N–H and O–H groups in total. The molecule has 0 fully saturated rings. The smallest absolute Gasteiger partial charge is 0.0679 e. The standard InChI is InChI=1S/C9H17NO/c1-2-3-4-5-6-7-8-9-11-10/h1H,3-10H2. The first-order chi connectivity index (χ1) is 5.41. The predicted molar refractivity (Wildman–Crippen MR) is 46.7 cm³/mol. The Kier molecular flexibility index (Phi) is 9.03. The van der Waals surface area contributed by atoms with Gasteiger partial charge in [0.15, 0.2) is 0 Å². The van der Waals surface area contributed by atoms with Crippen molar-refractivity contribution in [3.63, 3.8) is 0 Å². The zero-order valence-corrected chi connectivity index (χ0v) is 7.01. The van der Waals surface area contributed by atoms with Crippen LogP contribution in [0.15, 0.2) is 0 Å². The highest BCUT2D eigenvalue weighted by atomic mass is 16.6. The Morgan fingerprint density at radius 1 is 1.09 bits per heavy atom. The van der Waals surface area contributed by atoms with Gasteiger partial charge in [0.05, 0.1) is 6.61 Å². The quantitative estimate of drug-likeness (QED) is 0.346. The van der Waals surface area contributed by atoms with Gasteiger partial charge in [-0.15, -0.1) is 12.3 Å². The Bertz CT molecular complexity index is 107. The number of hydrogen-bond acceptors (Lipinski definition) is 2. The largest absolute Gasteiger partial charge is 0.305 e. The van der Waals surface area contributed by atoms with E-state index in [0.29, 0.717) is 6.61 Å². The van der Waals surface area contributed by atoms with Crippen molar-refractivity contribution in [1.82, 2.24) is 0 Å². The van der Waals surface area contributed by atoms with Gasteiger partial charge in [-0.25, -0.2) is 5.90 Å². The highest BCUT2D eigenvalue weighted by Gasteiger charge is 1.88. The van der Waals surface area contributed by atoms with Crippen LogP contribution in [-0.4, -0.2) is 6.61 Å². The molecule has 0 aliphatic rings. The fraction of sp³-hybridized carbons (Fsp3) is 0.778. The number of nitrogens with two attached hydrogens (primary N) is 1. The molecule has 0 aromatic rings. The molecule has 11 heavy (non-hydrogen) atoms. The second-order valence-corrected chi connectivity index (χ2v) is 2.59. The van der Waals surface area contributed by atoms with Crippen LogP contribution < -0.4 is 5.90 Å². The molecule has 0 saturated carbocycles. The zero-order chi connectivity index (χ0) is 8.36. The lowest BCUT2D eigenvalue weighted by Crippen LogP contribution is -2.00. The van der Waals surface area contributed by atoms with E-state index in [1.165, 1.54) is 19.3 Å². The van der Waals surface area contributed by atoms with Crippen molar-refractivity contribution in [2.24, 2.45) is 5.90 Å². The summed E-state index contributed by atoms with van der Waals surface area (Å²) < 4.78 is 0. The maximum Gasteiger partial charge on any atom is 0.0679 e. The molecule has 0 radical (unpaired) electrons. The normalized spacial score (nSPS) is 9.45. The van der Waals surface area contributed by atoms with Crippen LogP contribution in [0.4, 0.5) is 0 Å². The van der Waals surface area contributed by atoms with E-state index in [2.05, 4.69) is 10.8 Å². The van der Waals surface area contributed by atoms with Crippen molar-refractivity contribution in [3.8, 4) is 12.3 Å². The number of rotatable bonds is 7. The van der Waals surface area contributed by atoms with Gasteiger partial charge in [-0.3, -0.25) is 0 Å². The van der Waals surface area contributed by atoms with E-state index in [4.69, 9.17) is 12.3 Å². The van der Waals surface area contributed by atoms with E-state index in [0.717, 1.165) is 19.3 Å². The van der Waals surface area contributed by atoms with E-state index in [9.17, 15) is 0 Å². The Balaban J connectivity index is 2.75. The monoisotopic (exact) mass is 155 g/mol. The number of hydrogen-bond donors (Lipinski definition) is 1. The van der Waals surface area contributed by atoms with E-state index in [1.807, 2.05) is 0 Å². The fourth-order valence-electron chi connectivity index (χ4n) is 0.943. The van der Waals surface area contributed by atoms with Gasteiger partial charge in [0.2, 0.25) is 0 Å². The maximum atomic E-state index is 5.10. The Labute approximate surface area is 69.1 Å². The predicted octanol–water partition coefficient (Wildman–Crippen LogP) is 1.85. The van der Waals surface area contributed by atoms with E-state index >= 15 is 0 Å². The number of terminal acetylenes is 1. The van der Waals surface area contributed by atoms with Crippen LogP contribution in [0.2, 0.25) is 0 Å². The second-order valence-electron chi connectivity index (χ2n) is 2.59. The van der Waals surface area contributed by atoms with Crippen LogP contribution in [0.1, 0.15) is 38.5 Å². The first-order valence-electron chi connectivity index (χ1n) is 4.17. The summed E-state index contributed by atoms with van der Waals surface area (Å²) in [5, 5.41) is 0. The minimum Gasteiger partial charge on any atom is -0.305 e. The second kappa shape index (κ2) is 9.48. The molecule has 0 aromatic heterocycles. The van der Waals surface area contributed by atoms with Gasteiger partial charge < -0.3 is 4.84 Å². The summed E-state index contributed by atoms with van der Waals surface area (Å²) in [5.74, 6) is 7.49. The van der Waals surface area contributed by atoms with Gasteiger partial charge in [0.1, 0.15) is 0 Å². The molecular formula is C9H17NO. The van der Waals surface area contributed by atoms with Gasteiger partial charge in [0.25, 0.3) is 0 Å². The Morgan fingerprint density at radius 3 is 2.36 bits per heavy atom. The molecule has 0 atom stereocenters. The molecule has 0 aromatic carbocycles. The topological polar surface area (TPSA) is 35.2 Å². The van der Waals surface area contributed by atoms with Gasteiger partial charge in [-0.05, 0) is 12.8 Å². The molecule has 0 heterocycles. The summed E-state index contributed by atoms with van der Waals surface area (Å²) in [6.07, 6.45) is 11.9. The molecule has 0 unspecified atom stereocenters. The van der Waals surface area contributed by atoms with Gasteiger partial charge in [-0.1, -0.05) is 19.3 Å². The fourth-order valence-corrected chi connectivity index (χ4v) is 0.943. The average Bonchev–Trinajstić information content (AvgIpc) is 2.03. The van der Waals surface area contributed by atoms with Crippen molar-refractivity contribution in [3.05, 3.63) is 0 Å². The molecule has 64 valence electrons. The average molecular weight is 155 g/mol. The van der Waals surface area contributed by atoms with Gasteiger partial charge in [-0.2, -0.15) is 0 Å². The van der Waals surface area contributed by atoms with E-state index in [1.54, 1.807) is 0 Å². The van der Waals surface area contributed by atoms with Crippen LogP contribution in [0.25, 0.3) is 0 Å². The molecule has 2 heteroatoms. The molecule has 0 spiro atoms. The third kappa shape index (κ3) is 9.48. The van der Waals surface area contributed by atoms with Crippen molar-refractivity contribution in [1.29, 1.82) is 0 Å². The van der Waals surface area contributed by atoms with Crippen molar-refractivity contribution < 1.29 is 4.84 Å². The SMILES string of the molecule is C#CCCCCCCCON. The lowest BCUT2D eigenvalue weighted by molar-refractivity contribution is 0.133. The molecule has 0 amide bonds. The highest BCUT2D eigenvalue weighted by molar-refractivity contribution is 4.82. The zero-order valence-electron chi connectivity index (χ0n) is 7.01. The van der Waals surface area contributed by atoms with Crippen molar-refractivity contribution in [2.45, 2.75) is 38.5 Å². The van der Waals surface area contributed by atoms with E-state index < -0.39 is 0 Å². The summed E-state index contributed by atoms with van der Waals surface area (Å²) in [6.45, 7) is 0.676. The molecule has 0 bridgehead atoms. The third-order valence-electron chi connectivity index (χ3n) is 1.58. The van der Waals surface area contributed by atoms with Gasteiger partial charge >= 0.3 is 0 Å². The van der Waals surface area contributed by atoms with Crippen molar-refractivity contribution in [2.75, 3.05) is 6.61 Å². The van der Waals surface area contributed by atoms with Crippen LogP contribution in [0, 0.1) is 12.3 Å². The Morgan fingerprint density at radius 2 is 1.73 bits per heavy atom. The Hall–Kier alpha value is -0.520. The third-order valence-corrected chi connectivity index (χ3v) is 1.58. The van der Waals surface area contributed by atoms with E-state index in [-0.39, 0.29) is 0 Å². The lowest BCUT2D eigenvalue weighted by atomic mass is 10.1. The molecule has 2 nitrogen and oxygen atoms in total. The molecule has 0 aliphatic carbocycles. The summed E-state index contributed by atoms with van der Waals surface area (Å²) in [5.41, 5.74) is 0. The summed E-state index contributed by atoms with van der Waals surface area (Å²) in [4.78, 5) is 4.44. The van der Waals surface area contributed by atoms with Crippen LogP contribution in [0.5, 0.6) is 0 Å². The van der Waals surface area contributed by atoms with Crippen LogP contribution in [-0.2, 0) is 4.84 Å². The van der Waals surface area contributed by atoms with Crippen molar-refractivity contribution >= 4 is 0 Å². The molecule has 0 rings (SSSR count). The molecule has 0 saturated heterocycles. The van der Waals surface area contributed by atoms with Gasteiger partial charge in [0, 0.05) is 6.42 Å². The minimum atomic E-state index is 0.676. The summed E-state index contributed by atoms with van der Waals surface area (Å²) in [6, 6.07) is 0. The lowest BCUT2D eigenvalue weighted by Gasteiger charge is -1.97. The van der Waals surface area contributed by atoms with Crippen LogP contribution >= 0.6 is 0 Å². The maximum absolute atomic E-state index is 5.10. The first kappa shape index (κ1) is 10.5. The summed E-state index contributed by atoms with van der Waals surface area (Å²) in [7, 11) is 0. The first-order valence-corrected chi connectivity index (χ1v) is 4.17. The van der Waals surface area contributed by atoms with Crippen LogP contribution in [0.3, 0.4) is 0 Å². The molecule has 0 aliphatic heterocycles. The number of unbranched alkanes of at least 4 members (excludes halogenated alkanes) is 5. The summed E-state index contributed by atoms with van der Waals surface area (Å²) >= 11 is 0.